The normalized spacial score (nSPS) is 10.8. The van der Waals surface area contributed by atoms with Crippen LogP contribution >= 0.6 is 27.7 Å². The van der Waals surface area contributed by atoms with E-state index in [2.05, 4.69) is 25.9 Å². The van der Waals surface area contributed by atoms with Gasteiger partial charge in [-0.05, 0) is 46.3 Å². The van der Waals surface area contributed by atoms with Gasteiger partial charge in [0.2, 0.25) is 0 Å². The van der Waals surface area contributed by atoms with E-state index in [4.69, 9.17) is 5.73 Å². The summed E-state index contributed by atoms with van der Waals surface area (Å²) in [6.07, 6.45) is 5.39. The summed E-state index contributed by atoms with van der Waals surface area (Å²) >= 11 is 4.99. The van der Waals surface area contributed by atoms with Crippen LogP contribution in [0, 0.1) is 0 Å². The SMILES string of the molecule is Nc1ccc(Sc2ccc(Br)cn2)c2cnccc12. The Morgan fingerprint density at radius 3 is 2.68 bits per heavy atom. The van der Waals surface area contributed by atoms with Crippen LogP contribution in [0.15, 0.2) is 63.3 Å². The molecule has 3 nitrogen and oxygen atoms in total. The first-order valence-corrected chi connectivity index (χ1v) is 7.26. The summed E-state index contributed by atoms with van der Waals surface area (Å²) in [6, 6.07) is 9.82. The minimum atomic E-state index is 0.769. The van der Waals surface area contributed by atoms with Crippen LogP contribution in [0.3, 0.4) is 0 Å². The summed E-state index contributed by atoms with van der Waals surface area (Å²) < 4.78 is 0.973. The van der Waals surface area contributed by atoms with Gasteiger partial charge in [-0.3, -0.25) is 4.98 Å². The Kier molecular flexibility index (Phi) is 3.40. The van der Waals surface area contributed by atoms with Gasteiger partial charge in [-0.2, -0.15) is 0 Å². The molecule has 5 heteroatoms. The van der Waals surface area contributed by atoms with Crippen LogP contribution in [0.5, 0.6) is 0 Å². The van der Waals surface area contributed by atoms with Gasteiger partial charge in [0.25, 0.3) is 0 Å². The molecule has 2 heterocycles. The minimum Gasteiger partial charge on any atom is -0.398 e. The molecular formula is C14H10BrN3S. The maximum Gasteiger partial charge on any atom is 0.101 e. The highest BCUT2D eigenvalue weighted by Gasteiger charge is 2.06. The number of halogens is 1. The molecule has 0 aliphatic heterocycles. The highest BCUT2D eigenvalue weighted by Crippen LogP contribution is 2.34. The summed E-state index contributed by atoms with van der Waals surface area (Å²) in [5, 5.41) is 3.02. The number of rotatable bonds is 2. The third-order valence-electron chi connectivity index (χ3n) is 2.73. The van der Waals surface area contributed by atoms with Crippen LogP contribution in [0.25, 0.3) is 10.8 Å². The predicted molar refractivity (Wildman–Crippen MR) is 82.2 cm³/mol. The molecule has 1 aromatic carbocycles. The number of benzene rings is 1. The summed E-state index contributed by atoms with van der Waals surface area (Å²) in [6.45, 7) is 0. The number of pyridine rings is 2. The largest absolute Gasteiger partial charge is 0.398 e. The second-order valence-electron chi connectivity index (χ2n) is 3.99. The van der Waals surface area contributed by atoms with Crippen LogP contribution in [-0.4, -0.2) is 9.97 Å². The van der Waals surface area contributed by atoms with E-state index in [1.165, 1.54) is 0 Å². The minimum absolute atomic E-state index is 0.769. The first kappa shape index (κ1) is 12.4. The maximum atomic E-state index is 5.98. The average Bonchev–Trinajstić information content (AvgIpc) is 2.45. The van der Waals surface area contributed by atoms with E-state index in [-0.39, 0.29) is 0 Å². The zero-order chi connectivity index (χ0) is 13.2. The van der Waals surface area contributed by atoms with Crippen molar-refractivity contribution < 1.29 is 0 Å². The molecule has 3 rings (SSSR count). The van der Waals surface area contributed by atoms with Crippen molar-refractivity contribution in [2.75, 3.05) is 5.73 Å². The monoisotopic (exact) mass is 331 g/mol. The second-order valence-corrected chi connectivity index (χ2v) is 5.97. The van der Waals surface area contributed by atoms with Gasteiger partial charge in [0.05, 0.1) is 0 Å². The Bertz CT molecular complexity index is 728. The van der Waals surface area contributed by atoms with Gasteiger partial charge in [-0.25, -0.2) is 4.98 Å². The molecule has 3 aromatic rings. The first-order chi connectivity index (χ1) is 9.24. The van der Waals surface area contributed by atoms with Crippen LogP contribution in [0.4, 0.5) is 5.69 Å². The highest BCUT2D eigenvalue weighted by molar-refractivity contribution is 9.10. The van der Waals surface area contributed by atoms with Crippen LogP contribution in [-0.2, 0) is 0 Å². The lowest BCUT2D eigenvalue weighted by Crippen LogP contribution is -1.89. The fraction of sp³-hybridized carbons (Fsp3) is 0. The molecule has 0 atom stereocenters. The molecule has 0 fully saturated rings. The van der Waals surface area contributed by atoms with E-state index in [9.17, 15) is 0 Å². The van der Waals surface area contributed by atoms with E-state index < -0.39 is 0 Å². The molecule has 0 aliphatic rings. The number of nitrogens with two attached hydrogens (primary N) is 1. The average molecular weight is 332 g/mol. The third kappa shape index (κ3) is 2.57. The predicted octanol–water partition coefficient (Wildman–Crippen LogP) is 4.13. The quantitative estimate of drug-likeness (QED) is 0.717. The molecule has 0 aliphatic carbocycles. The van der Waals surface area contributed by atoms with Gasteiger partial charge >= 0.3 is 0 Å². The Morgan fingerprint density at radius 2 is 1.89 bits per heavy atom. The lowest BCUT2D eigenvalue weighted by atomic mass is 10.1. The van der Waals surface area contributed by atoms with E-state index in [0.29, 0.717) is 0 Å². The summed E-state index contributed by atoms with van der Waals surface area (Å²) in [7, 11) is 0. The maximum absolute atomic E-state index is 5.98. The molecule has 2 aromatic heterocycles. The first-order valence-electron chi connectivity index (χ1n) is 5.65. The molecule has 0 bridgehead atoms. The zero-order valence-corrected chi connectivity index (χ0v) is 12.3. The Labute approximate surface area is 123 Å². The summed E-state index contributed by atoms with van der Waals surface area (Å²) in [5.74, 6) is 0. The van der Waals surface area contributed by atoms with Gasteiger partial charge in [0, 0.05) is 44.4 Å². The van der Waals surface area contributed by atoms with Crippen molar-refractivity contribution in [1.82, 2.24) is 9.97 Å². The molecule has 0 radical (unpaired) electrons. The fourth-order valence-electron chi connectivity index (χ4n) is 1.81. The zero-order valence-electron chi connectivity index (χ0n) is 9.88. The van der Waals surface area contributed by atoms with Crippen molar-refractivity contribution in [3.8, 4) is 0 Å². The molecule has 0 amide bonds. The molecule has 0 saturated heterocycles. The number of aromatic nitrogens is 2. The smallest absolute Gasteiger partial charge is 0.101 e. The number of hydrogen-bond acceptors (Lipinski definition) is 4. The van der Waals surface area contributed by atoms with Gasteiger partial charge in [0.15, 0.2) is 0 Å². The topological polar surface area (TPSA) is 51.8 Å². The lowest BCUT2D eigenvalue weighted by Gasteiger charge is -2.07. The Balaban J connectivity index is 2.06. The lowest BCUT2D eigenvalue weighted by molar-refractivity contribution is 1.12. The molecule has 0 spiro atoms. The van der Waals surface area contributed by atoms with Crippen LogP contribution in [0.2, 0.25) is 0 Å². The summed E-state index contributed by atoms with van der Waals surface area (Å²) in [5.41, 5.74) is 6.75. The van der Waals surface area contributed by atoms with Crippen LogP contribution < -0.4 is 5.73 Å². The van der Waals surface area contributed by atoms with Crippen LogP contribution in [0.1, 0.15) is 0 Å². The van der Waals surface area contributed by atoms with E-state index in [0.717, 1.165) is 30.9 Å². The van der Waals surface area contributed by atoms with E-state index >= 15 is 0 Å². The number of fused-ring (bicyclic) bond motifs is 1. The summed E-state index contributed by atoms with van der Waals surface area (Å²) in [4.78, 5) is 9.64. The van der Waals surface area contributed by atoms with E-state index in [1.807, 2.05) is 36.5 Å². The second kappa shape index (κ2) is 5.19. The molecule has 19 heavy (non-hydrogen) atoms. The van der Waals surface area contributed by atoms with Gasteiger partial charge < -0.3 is 5.73 Å². The molecule has 94 valence electrons. The molecule has 2 N–H and O–H groups in total. The van der Waals surface area contributed by atoms with Crippen molar-refractivity contribution in [3.63, 3.8) is 0 Å². The van der Waals surface area contributed by atoms with Crippen molar-refractivity contribution in [2.24, 2.45) is 0 Å². The molecule has 0 unspecified atom stereocenters. The van der Waals surface area contributed by atoms with Crippen molar-refractivity contribution in [1.29, 1.82) is 0 Å². The highest BCUT2D eigenvalue weighted by atomic mass is 79.9. The van der Waals surface area contributed by atoms with Gasteiger partial charge in [-0.1, -0.05) is 11.8 Å². The van der Waals surface area contributed by atoms with Crippen molar-refractivity contribution in [2.45, 2.75) is 9.92 Å². The standard InChI is InChI=1S/C14H10BrN3S/c15-9-1-4-14(18-7-9)19-13-3-2-12(16)10-5-6-17-8-11(10)13/h1-8H,16H2. The number of nitrogens with zero attached hydrogens (tertiary/aromatic N) is 2. The third-order valence-corrected chi connectivity index (χ3v) is 4.22. The van der Waals surface area contributed by atoms with Crippen molar-refractivity contribution in [3.05, 3.63) is 53.4 Å². The Hall–Kier alpha value is -1.59. The number of nitrogen functional groups attached to an aromatic ring is 1. The fourth-order valence-corrected chi connectivity index (χ4v) is 2.92. The number of anilines is 1. The van der Waals surface area contributed by atoms with E-state index in [1.54, 1.807) is 24.2 Å². The Morgan fingerprint density at radius 1 is 1.00 bits per heavy atom. The molecule has 0 saturated carbocycles. The van der Waals surface area contributed by atoms with Crippen molar-refractivity contribution >= 4 is 44.2 Å². The van der Waals surface area contributed by atoms with Gasteiger partial charge in [-0.15, -0.1) is 0 Å². The van der Waals surface area contributed by atoms with Gasteiger partial charge in [0.1, 0.15) is 5.03 Å². The molecular weight excluding hydrogens is 322 g/mol. The number of hydrogen-bond donors (Lipinski definition) is 1.